The van der Waals surface area contributed by atoms with E-state index in [1.165, 1.54) is 12.4 Å². The number of anilines is 1. The number of benzene rings is 1. The molecule has 7 nitrogen and oxygen atoms in total. The number of amides is 1. The molecule has 24 heavy (non-hydrogen) atoms. The summed E-state index contributed by atoms with van der Waals surface area (Å²) in [5.74, 6) is 0.701. The first kappa shape index (κ1) is 15.8. The Balaban J connectivity index is 1.67. The fraction of sp³-hybridized carbons (Fsp3) is 0.0625. The maximum atomic E-state index is 11.9. The first-order chi connectivity index (χ1) is 11.6. The summed E-state index contributed by atoms with van der Waals surface area (Å²) < 4.78 is 3.47. The Hall–Kier alpha value is -3.06. The lowest BCUT2D eigenvalue weighted by molar-refractivity contribution is 0.167. The van der Waals surface area contributed by atoms with E-state index in [1.54, 1.807) is 29.9 Å². The highest BCUT2D eigenvalue weighted by molar-refractivity contribution is 6.33. The Morgan fingerprint density at radius 2 is 2.04 bits per heavy atom. The van der Waals surface area contributed by atoms with E-state index in [1.807, 2.05) is 35.2 Å². The molecule has 3 aromatic rings. The van der Waals surface area contributed by atoms with Crippen LogP contribution in [0.5, 0.6) is 0 Å². The Bertz CT molecular complexity index is 870. The van der Waals surface area contributed by atoms with Gasteiger partial charge in [0.1, 0.15) is 5.69 Å². The van der Waals surface area contributed by atoms with Crippen molar-refractivity contribution in [2.75, 3.05) is 5.32 Å². The number of nitrogens with one attached hydrogen (secondary N) is 1. The number of carbonyl (C=O) groups excluding carboxylic acids is 1. The van der Waals surface area contributed by atoms with E-state index < -0.39 is 6.09 Å². The molecule has 0 aliphatic rings. The van der Waals surface area contributed by atoms with Gasteiger partial charge in [0.25, 0.3) is 0 Å². The Morgan fingerprint density at radius 1 is 1.29 bits per heavy atom. The molecule has 2 heterocycles. The lowest BCUT2D eigenvalue weighted by Crippen LogP contribution is -2.13. The van der Waals surface area contributed by atoms with Crippen LogP contribution in [0.25, 0.3) is 5.82 Å². The summed E-state index contributed by atoms with van der Waals surface area (Å²) in [7, 11) is 1.78. The van der Waals surface area contributed by atoms with Crippen LogP contribution in [0.3, 0.4) is 0 Å². The van der Waals surface area contributed by atoms with Gasteiger partial charge in [0.15, 0.2) is 5.82 Å². The van der Waals surface area contributed by atoms with Gasteiger partial charge in [-0.3, -0.25) is 14.8 Å². The molecule has 3 rings (SSSR count). The maximum absolute atomic E-state index is 11.9. The van der Waals surface area contributed by atoms with Gasteiger partial charge in [0.05, 0.1) is 12.4 Å². The van der Waals surface area contributed by atoms with E-state index in [2.05, 4.69) is 15.6 Å². The third kappa shape index (κ3) is 3.47. The molecule has 0 bridgehead atoms. The number of hydrogen-bond acceptors (Lipinski definition) is 4. The minimum Gasteiger partial charge on any atom is -0.307 e. The van der Waals surface area contributed by atoms with Crippen LogP contribution in [0.1, 0.15) is 5.56 Å². The number of halogens is 1. The fourth-order valence-electron chi connectivity index (χ4n) is 2.14. The van der Waals surface area contributed by atoms with Gasteiger partial charge in [-0.15, -0.1) is 0 Å². The molecule has 0 radical (unpaired) electrons. The lowest BCUT2D eigenvalue weighted by Gasteiger charge is -2.07. The van der Waals surface area contributed by atoms with Crippen LogP contribution in [-0.4, -0.2) is 26.7 Å². The van der Waals surface area contributed by atoms with Gasteiger partial charge in [-0.25, -0.2) is 4.79 Å². The molecule has 0 spiro atoms. The average Bonchev–Trinajstić information content (AvgIpc) is 3.19. The molecule has 1 amide bonds. The van der Waals surface area contributed by atoms with Crippen molar-refractivity contribution in [1.82, 2.24) is 14.3 Å². The number of rotatable bonds is 4. The van der Waals surface area contributed by atoms with Crippen molar-refractivity contribution in [2.24, 2.45) is 12.2 Å². The van der Waals surface area contributed by atoms with Gasteiger partial charge in [-0.1, -0.05) is 35.0 Å². The standard InChI is InChI=1S/C16H14ClN5O2/c1-21-15(22-8-4-5-9-22)14(11-18-21)20-16(23)24-19-10-12-6-2-3-7-13(12)17/h2-11H,1H3,(H,20,23)/b19-10-. The summed E-state index contributed by atoms with van der Waals surface area (Å²) >= 11 is 5.99. The van der Waals surface area contributed by atoms with Gasteiger partial charge < -0.3 is 4.57 Å². The maximum Gasteiger partial charge on any atom is 0.437 e. The van der Waals surface area contributed by atoms with Crippen molar-refractivity contribution in [3.8, 4) is 5.82 Å². The van der Waals surface area contributed by atoms with E-state index >= 15 is 0 Å². The van der Waals surface area contributed by atoms with Crippen LogP contribution >= 0.6 is 11.6 Å². The monoisotopic (exact) mass is 343 g/mol. The molecule has 0 saturated carbocycles. The largest absolute Gasteiger partial charge is 0.437 e. The quantitative estimate of drug-likeness (QED) is 0.448. The van der Waals surface area contributed by atoms with E-state index in [0.29, 0.717) is 22.1 Å². The molecule has 0 atom stereocenters. The van der Waals surface area contributed by atoms with Crippen LogP contribution in [-0.2, 0) is 11.9 Å². The second-order valence-corrected chi connectivity index (χ2v) is 5.26. The van der Waals surface area contributed by atoms with E-state index in [0.717, 1.165) is 0 Å². The smallest absolute Gasteiger partial charge is 0.307 e. The van der Waals surface area contributed by atoms with E-state index in [4.69, 9.17) is 16.4 Å². The van der Waals surface area contributed by atoms with Crippen molar-refractivity contribution < 1.29 is 9.63 Å². The molecule has 1 aromatic carbocycles. The highest BCUT2D eigenvalue weighted by atomic mass is 35.5. The highest BCUT2D eigenvalue weighted by Crippen LogP contribution is 2.19. The minimum absolute atomic E-state index is 0.506. The Kier molecular flexibility index (Phi) is 4.62. The van der Waals surface area contributed by atoms with Crippen molar-refractivity contribution in [2.45, 2.75) is 0 Å². The number of hydrogen-bond donors (Lipinski definition) is 1. The topological polar surface area (TPSA) is 73.4 Å². The summed E-state index contributed by atoms with van der Waals surface area (Å²) in [5.41, 5.74) is 1.16. The zero-order valence-electron chi connectivity index (χ0n) is 12.8. The third-order valence-corrected chi connectivity index (χ3v) is 3.57. The molecular weight excluding hydrogens is 330 g/mol. The highest BCUT2D eigenvalue weighted by Gasteiger charge is 2.13. The van der Waals surface area contributed by atoms with Crippen molar-refractivity contribution in [3.05, 3.63) is 65.6 Å². The molecule has 0 aliphatic carbocycles. The second-order valence-electron chi connectivity index (χ2n) is 4.86. The van der Waals surface area contributed by atoms with Crippen LogP contribution in [0.15, 0.2) is 60.1 Å². The van der Waals surface area contributed by atoms with Gasteiger partial charge in [0.2, 0.25) is 0 Å². The summed E-state index contributed by atoms with van der Waals surface area (Å²) in [6, 6.07) is 10.9. The molecule has 0 fully saturated rings. The third-order valence-electron chi connectivity index (χ3n) is 3.23. The molecule has 122 valence electrons. The van der Waals surface area contributed by atoms with Gasteiger partial charge in [0, 0.05) is 30.0 Å². The van der Waals surface area contributed by atoms with E-state index in [9.17, 15) is 4.79 Å². The Morgan fingerprint density at radius 3 is 2.79 bits per heavy atom. The number of nitrogens with zero attached hydrogens (tertiary/aromatic N) is 4. The molecule has 2 aromatic heterocycles. The summed E-state index contributed by atoms with van der Waals surface area (Å²) in [6.45, 7) is 0. The first-order valence-electron chi connectivity index (χ1n) is 7.06. The molecule has 0 saturated heterocycles. The molecule has 0 aliphatic heterocycles. The second kappa shape index (κ2) is 7.01. The summed E-state index contributed by atoms with van der Waals surface area (Å²) in [5, 5.41) is 10.9. The van der Waals surface area contributed by atoms with Crippen LogP contribution in [0.2, 0.25) is 5.02 Å². The van der Waals surface area contributed by atoms with Crippen molar-refractivity contribution in [1.29, 1.82) is 0 Å². The number of oxime groups is 1. The van der Waals surface area contributed by atoms with Crippen molar-refractivity contribution in [3.63, 3.8) is 0 Å². The van der Waals surface area contributed by atoms with Gasteiger partial charge >= 0.3 is 6.09 Å². The predicted molar refractivity (Wildman–Crippen MR) is 91.7 cm³/mol. The van der Waals surface area contributed by atoms with Crippen LogP contribution in [0.4, 0.5) is 10.5 Å². The number of aromatic nitrogens is 3. The van der Waals surface area contributed by atoms with Gasteiger partial charge in [-0.05, 0) is 18.2 Å². The lowest BCUT2D eigenvalue weighted by atomic mass is 10.2. The predicted octanol–water partition coefficient (Wildman–Crippen LogP) is 3.45. The summed E-state index contributed by atoms with van der Waals surface area (Å²) in [6.07, 6.45) is 5.89. The molecular formula is C16H14ClN5O2. The number of carbonyl (C=O) groups is 1. The Labute approximate surface area is 143 Å². The van der Waals surface area contributed by atoms with Crippen molar-refractivity contribution >= 4 is 29.6 Å². The molecule has 1 N–H and O–H groups in total. The molecule has 0 unspecified atom stereocenters. The normalized spacial score (nSPS) is 10.9. The van der Waals surface area contributed by atoms with Gasteiger partial charge in [-0.2, -0.15) is 5.10 Å². The van der Waals surface area contributed by atoms with Crippen LogP contribution in [0, 0.1) is 0 Å². The average molecular weight is 344 g/mol. The first-order valence-corrected chi connectivity index (χ1v) is 7.44. The summed E-state index contributed by atoms with van der Waals surface area (Å²) in [4.78, 5) is 16.7. The minimum atomic E-state index is -0.722. The van der Waals surface area contributed by atoms with Crippen LogP contribution < -0.4 is 5.32 Å². The number of aryl methyl sites for hydroxylation is 1. The zero-order chi connectivity index (χ0) is 16.9. The molecule has 8 heteroatoms. The SMILES string of the molecule is Cn1ncc(NC(=O)O/N=C\c2ccccc2Cl)c1-n1cccc1. The fourth-order valence-corrected chi connectivity index (χ4v) is 2.33. The van der Waals surface area contributed by atoms with E-state index in [-0.39, 0.29) is 0 Å². The zero-order valence-corrected chi connectivity index (χ0v) is 13.5.